The fraction of sp³-hybridized carbons (Fsp3) is 0.462. The molecule has 0 heterocycles. The Morgan fingerprint density at radius 1 is 1.50 bits per heavy atom. The Morgan fingerprint density at radius 2 is 2.17 bits per heavy atom. The minimum atomic E-state index is -0.898. The Kier molecular flexibility index (Phi) is 3.52. The molecule has 0 saturated heterocycles. The summed E-state index contributed by atoms with van der Waals surface area (Å²) in [4.78, 5) is 11.2. The molecule has 1 aromatic rings. The predicted molar refractivity (Wildman–Crippen MR) is 64.1 cm³/mol. The molecule has 18 heavy (non-hydrogen) atoms. The van der Waals surface area contributed by atoms with Gasteiger partial charge in [-0.1, -0.05) is 0 Å². The maximum Gasteiger partial charge on any atom is 0.324 e. The van der Waals surface area contributed by atoms with Crippen molar-refractivity contribution in [2.45, 2.75) is 30.9 Å². The second-order valence-corrected chi connectivity index (χ2v) is 4.57. The van der Waals surface area contributed by atoms with Crippen LogP contribution in [-0.2, 0) is 4.79 Å². The number of benzene rings is 1. The fourth-order valence-electron chi connectivity index (χ4n) is 2.33. The van der Waals surface area contributed by atoms with Gasteiger partial charge in [0.05, 0.1) is 0 Å². The summed E-state index contributed by atoms with van der Waals surface area (Å²) in [5.74, 6) is -0.599. The molecule has 4 nitrogen and oxygen atoms in total. The van der Waals surface area contributed by atoms with Gasteiger partial charge in [-0.05, 0) is 44.2 Å². The number of nitrogens with one attached hydrogen (secondary N) is 1. The van der Waals surface area contributed by atoms with E-state index >= 15 is 0 Å². The van der Waals surface area contributed by atoms with Crippen LogP contribution < -0.4 is 10.1 Å². The monoisotopic (exact) mass is 253 g/mol. The van der Waals surface area contributed by atoms with Gasteiger partial charge in [-0.15, -0.1) is 0 Å². The van der Waals surface area contributed by atoms with Crippen LogP contribution in [0, 0.1) is 5.82 Å². The van der Waals surface area contributed by atoms with Gasteiger partial charge in [-0.3, -0.25) is 4.79 Å². The van der Waals surface area contributed by atoms with E-state index in [1.807, 2.05) is 0 Å². The molecular weight excluding hydrogens is 237 g/mol. The zero-order valence-electron chi connectivity index (χ0n) is 10.1. The Morgan fingerprint density at radius 3 is 2.67 bits per heavy atom. The van der Waals surface area contributed by atoms with Crippen molar-refractivity contribution in [2.24, 2.45) is 0 Å². The van der Waals surface area contributed by atoms with Crippen molar-refractivity contribution in [3.05, 3.63) is 30.1 Å². The van der Waals surface area contributed by atoms with Crippen LogP contribution in [0.5, 0.6) is 5.75 Å². The largest absolute Gasteiger partial charge is 0.490 e. The van der Waals surface area contributed by atoms with Crippen LogP contribution in [0.1, 0.15) is 19.3 Å². The Labute approximate surface area is 105 Å². The van der Waals surface area contributed by atoms with E-state index in [4.69, 9.17) is 4.74 Å². The predicted octanol–water partition coefficient (Wildman–Crippen LogP) is 1.80. The number of aliphatic carboxylic acids is 1. The lowest BCUT2D eigenvalue weighted by Gasteiger charge is -2.23. The van der Waals surface area contributed by atoms with Gasteiger partial charge in [0.2, 0.25) is 0 Å². The minimum Gasteiger partial charge on any atom is -0.490 e. The summed E-state index contributed by atoms with van der Waals surface area (Å²) >= 11 is 0. The van der Waals surface area contributed by atoms with Gasteiger partial charge in [0.1, 0.15) is 23.2 Å². The number of rotatable bonds is 4. The molecule has 0 aromatic heterocycles. The third kappa shape index (κ3) is 2.46. The van der Waals surface area contributed by atoms with E-state index in [-0.39, 0.29) is 11.9 Å². The molecular formula is C13H16FNO3. The maximum absolute atomic E-state index is 12.7. The topological polar surface area (TPSA) is 58.6 Å². The van der Waals surface area contributed by atoms with E-state index in [1.165, 1.54) is 12.1 Å². The summed E-state index contributed by atoms with van der Waals surface area (Å²) < 4.78 is 18.4. The minimum absolute atomic E-state index is 0.154. The van der Waals surface area contributed by atoms with E-state index in [0.717, 1.165) is 0 Å². The van der Waals surface area contributed by atoms with Gasteiger partial charge >= 0.3 is 5.97 Å². The second-order valence-electron chi connectivity index (χ2n) is 4.57. The summed E-state index contributed by atoms with van der Waals surface area (Å²) in [5, 5.41) is 12.1. The number of likely N-dealkylation sites (N-methyl/N-ethyl adjacent to an activating group) is 1. The number of ether oxygens (including phenoxy) is 1. The molecule has 5 heteroatoms. The van der Waals surface area contributed by atoms with E-state index in [9.17, 15) is 14.3 Å². The molecule has 98 valence electrons. The van der Waals surface area contributed by atoms with Crippen molar-refractivity contribution in [1.29, 1.82) is 0 Å². The molecule has 0 amide bonds. The lowest BCUT2D eigenvalue weighted by molar-refractivity contribution is -0.144. The highest BCUT2D eigenvalue weighted by Gasteiger charge is 2.45. The van der Waals surface area contributed by atoms with Gasteiger partial charge in [-0.2, -0.15) is 0 Å². The lowest BCUT2D eigenvalue weighted by atomic mass is 9.98. The molecule has 0 spiro atoms. The molecule has 1 aliphatic rings. The first-order chi connectivity index (χ1) is 8.55. The summed E-state index contributed by atoms with van der Waals surface area (Å²) in [6.45, 7) is 0. The highest BCUT2D eigenvalue weighted by atomic mass is 19.1. The van der Waals surface area contributed by atoms with Crippen LogP contribution in [0.3, 0.4) is 0 Å². The summed E-state index contributed by atoms with van der Waals surface area (Å²) in [5.41, 5.74) is -0.898. The van der Waals surface area contributed by atoms with Crippen LogP contribution in [0.25, 0.3) is 0 Å². The van der Waals surface area contributed by atoms with Gasteiger partial charge in [0, 0.05) is 6.42 Å². The molecule has 1 saturated carbocycles. The molecule has 1 aliphatic carbocycles. The van der Waals surface area contributed by atoms with Gasteiger partial charge in [0.25, 0.3) is 0 Å². The van der Waals surface area contributed by atoms with Crippen LogP contribution in [-0.4, -0.2) is 29.8 Å². The quantitative estimate of drug-likeness (QED) is 0.859. The zero-order chi connectivity index (χ0) is 13.2. The summed E-state index contributed by atoms with van der Waals surface area (Å²) in [6, 6.07) is 5.75. The van der Waals surface area contributed by atoms with Crippen LogP contribution >= 0.6 is 0 Å². The van der Waals surface area contributed by atoms with Gasteiger partial charge in [-0.25, -0.2) is 4.39 Å². The summed E-state index contributed by atoms with van der Waals surface area (Å²) in [7, 11) is 1.65. The molecule has 0 aliphatic heterocycles. The fourth-order valence-corrected chi connectivity index (χ4v) is 2.33. The number of carbonyl (C=O) groups is 1. The highest BCUT2D eigenvalue weighted by Crippen LogP contribution is 2.32. The number of halogens is 1. The molecule has 0 bridgehead atoms. The van der Waals surface area contributed by atoms with Crippen molar-refractivity contribution >= 4 is 5.97 Å². The van der Waals surface area contributed by atoms with E-state index in [0.29, 0.717) is 25.0 Å². The number of hydrogen-bond donors (Lipinski definition) is 2. The zero-order valence-corrected chi connectivity index (χ0v) is 10.1. The molecule has 2 atom stereocenters. The molecule has 2 unspecified atom stereocenters. The average Bonchev–Trinajstić information content (AvgIpc) is 2.77. The third-order valence-corrected chi connectivity index (χ3v) is 3.47. The molecule has 0 radical (unpaired) electrons. The number of carboxylic acid groups (broad SMARTS) is 1. The van der Waals surface area contributed by atoms with Crippen LogP contribution in [0.4, 0.5) is 4.39 Å². The second kappa shape index (κ2) is 4.94. The standard InChI is InChI=1S/C13H16FNO3/c1-15-13(12(16)17)7-6-11(8-13)18-10-4-2-9(14)3-5-10/h2-5,11,15H,6-8H2,1H3,(H,16,17). The number of carboxylic acids is 1. The van der Waals surface area contributed by atoms with E-state index < -0.39 is 11.5 Å². The first-order valence-corrected chi connectivity index (χ1v) is 5.90. The van der Waals surface area contributed by atoms with Crippen molar-refractivity contribution in [1.82, 2.24) is 5.32 Å². The Hall–Kier alpha value is -1.62. The summed E-state index contributed by atoms with van der Waals surface area (Å²) in [6.07, 6.45) is 1.46. The third-order valence-electron chi connectivity index (χ3n) is 3.47. The molecule has 2 rings (SSSR count). The van der Waals surface area contributed by atoms with Gasteiger partial charge < -0.3 is 15.2 Å². The van der Waals surface area contributed by atoms with Crippen molar-refractivity contribution < 1.29 is 19.0 Å². The SMILES string of the molecule is CNC1(C(=O)O)CCC(Oc2ccc(F)cc2)C1. The van der Waals surface area contributed by atoms with Gasteiger partial charge in [0.15, 0.2) is 0 Å². The first kappa shape index (κ1) is 12.8. The first-order valence-electron chi connectivity index (χ1n) is 5.90. The van der Waals surface area contributed by atoms with Crippen LogP contribution in [0.15, 0.2) is 24.3 Å². The molecule has 1 fully saturated rings. The lowest BCUT2D eigenvalue weighted by Crippen LogP contribution is -2.48. The van der Waals surface area contributed by atoms with E-state index in [1.54, 1.807) is 19.2 Å². The van der Waals surface area contributed by atoms with Crippen molar-refractivity contribution in [3.8, 4) is 5.75 Å². The Bertz CT molecular complexity index is 434. The normalized spacial score (nSPS) is 27.1. The molecule has 1 aromatic carbocycles. The number of hydrogen-bond acceptors (Lipinski definition) is 3. The average molecular weight is 253 g/mol. The maximum atomic E-state index is 12.7. The van der Waals surface area contributed by atoms with Crippen molar-refractivity contribution in [3.63, 3.8) is 0 Å². The van der Waals surface area contributed by atoms with Crippen molar-refractivity contribution in [2.75, 3.05) is 7.05 Å². The van der Waals surface area contributed by atoms with E-state index in [2.05, 4.69) is 5.32 Å². The molecule has 2 N–H and O–H groups in total. The Balaban J connectivity index is 2.01. The highest BCUT2D eigenvalue weighted by molar-refractivity contribution is 5.79. The van der Waals surface area contributed by atoms with Crippen LogP contribution in [0.2, 0.25) is 0 Å². The smallest absolute Gasteiger partial charge is 0.324 e.